The van der Waals surface area contributed by atoms with Crippen LogP contribution in [-0.2, 0) is 0 Å². The van der Waals surface area contributed by atoms with Crippen molar-refractivity contribution >= 4 is 48.8 Å². The number of furan rings is 1. The summed E-state index contributed by atoms with van der Waals surface area (Å²) >= 11 is 6.75. The van der Waals surface area contributed by atoms with Crippen molar-refractivity contribution in [3.05, 3.63) is 62.7 Å². The maximum atomic E-state index is 12.2. The summed E-state index contributed by atoms with van der Waals surface area (Å²) in [4.78, 5) is 12.2. The van der Waals surface area contributed by atoms with Gasteiger partial charge in [0.05, 0.1) is 0 Å². The smallest absolute Gasteiger partial charge is 0.379 e. The zero-order chi connectivity index (χ0) is 15.0. The molecule has 5 heteroatoms. The highest BCUT2D eigenvalue weighted by molar-refractivity contribution is 9.10. The predicted molar refractivity (Wildman–Crippen MR) is 87.8 cm³/mol. The van der Waals surface area contributed by atoms with Crippen LogP contribution in [0.4, 0.5) is 0 Å². The van der Waals surface area contributed by atoms with E-state index in [0.717, 1.165) is 19.9 Å². The van der Waals surface area contributed by atoms with Crippen LogP contribution in [0.25, 0.3) is 11.0 Å². The Morgan fingerprint density at radius 1 is 1.05 bits per heavy atom. The van der Waals surface area contributed by atoms with Gasteiger partial charge < -0.3 is 9.15 Å². The summed E-state index contributed by atoms with van der Waals surface area (Å²) in [6.45, 7) is 1.84. The van der Waals surface area contributed by atoms with E-state index in [2.05, 4.69) is 31.9 Å². The molecule has 0 N–H and O–H groups in total. The minimum Gasteiger partial charge on any atom is -0.449 e. The fourth-order valence-corrected chi connectivity index (χ4v) is 2.67. The summed E-state index contributed by atoms with van der Waals surface area (Å²) in [6.07, 6.45) is 0. The van der Waals surface area contributed by atoms with Gasteiger partial charge in [-0.15, -0.1) is 0 Å². The Bertz CT molecular complexity index is 819. The molecular formula is C16H10Br2O3. The fourth-order valence-electron chi connectivity index (χ4n) is 2.04. The molecule has 0 spiro atoms. The second-order valence-corrected chi connectivity index (χ2v) is 6.37. The largest absolute Gasteiger partial charge is 0.449 e. The monoisotopic (exact) mass is 408 g/mol. The molecule has 1 heterocycles. The van der Waals surface area contributed by atoms with Crippen molar-refractivity contribution < 1.29 is 13.9 Å². The fraction of sp³-hybridized carbons (Fsp3) is 0.0625. The molecule has 3 rings (SSSR count). The number of halogens is 2. The highest BCUT2D eigenvalue weighted by atomic mass is 79.9. The zero-order valence-corrected chi connectivity index (χ0v) is 14.2. The van der Waals surface area contributed by atoms with Crippen LogP contribution in [-0.4, -0.2) is 5.97 Å². The van der Waals surface area contributed by atoms with Gasteiger partial charge in [-0.2, -0.15) is 0 Å². The second kappa shape index (κ2) is 5.66. The van der Waals surface area contributed by atoms with Crippen LogP contribution < -0.4 is 4.74 Å². The van der Waals surface area contributed by atoms with Gasteiger partial charge in [0, 0.05) is 19.9 Å². The minimum absolute atomic E-state index is 0.228. The molecule has 0 unspecified atom stereocenters. The van der Waals surface area contributed by atoms with Crippen LogP contribution in [0.5, 0.6) is 5.75 Å². The first-order valence-corrected chi connectivity index (χ1v) is 7.79. The van der Waals surface area contributed by atoms with Gasteiger partial charge in [0.2, 0.25) is 5.76 Å². The topological polar surface area (TPSA) is 39.4 Å². The van der Waals surface area contributed by atoms with Crippen LogP contribution in [0.15, 0.2) is 55.8 Å². The van der Waals surface area contributed by atoms with Crippen molar-refractivity contribution in [1.82, 2.24) is 0 Å². The third-order valence-electron chi connectivity index (χ3n) is 3.11. The number of esters is 1. The lowest BCUT2D eigenvalue weighted by Crippen LogP contribution is -2.08. The molecular weight excluding hydrogens is 400 g/mol. The molecule has 0 saturated heterocycles. The number of ether oxygens (including phenoxy) is 1. The average molecular weight is 410 g/mol. The Morgan fingerprint density at radius 2 is 1.71 bits per heavy atom. The Labute approximate surface area is 138 Å². The number of rotatable bonds is 2. The van der Waals surface area contributed by atoms with E-state index in [4.69, 9.17) is 9.15 Å². The molecule has 106 valence electrons. The molecule has 2 aromatic carbocycles. The van der Waals surface area contributed by atoms with Crippen LogP contribution >= 0.6 is 31.9 Å². The van der Waals surface area contributed by atoms with Gasteiger partial charge in [-0.05, 0) is 49.4 Å². The lowest BCUT2D eigenvalue weighted by atomic mass is 10.1. The van der Waals surface area contributed by atoms with Crippen molar-refractivity contribution in [1.29, 1.82) is 0 Å². The minimum atomic E-state index is -0.498. The van der Waals surface area contributed by atoms with E-state index < -0.39 is 5.97 Å². The summed E-state index contributed by atoms with van der Waals surface area (Å²) in [5, 5.41) is 0.895. The zero-order valence-electron chi connectivity index (χ0n) is 11.0. The number of fused-ring (bicyclic) bond motifs is 1. The van der Waals surface area contributed by atoms with Crippen molar-refractivity contribution in [2.24, 2.45) is 0 Å². The van der Waals surface area contributed by atoms with Crippen LogP contribution in [0, 0.1) is 6.92 Å². The van der Waals surface area contributed by atoms with Crippen molar-refractivity contribution in [2.45, 2.75) is 6.92 Å². The van der Waals surface area contributed by atoms with E-state index in [-0.39, 0.29) is 5.76 Å². The Hall–Kier alpha value is -1.59. The summed E-state index contributed by atoms with van der Waals surface area (Å²) in [5.41, 5.74) is 1.44. The van der Waals surface area contributed by atoms with Gasteiger partial charge in [-0.25, -0.2) is 4.79 Å². The van der Waals surface area contributed by atoms with Gasteiger partial charge in [0.1, 0.15) is 11.3 Å². The summed E-state index contributed by atoms with van der Waals surface area (Å²) in [5.74, 6) is 0.206. The van der Waals surface area contributed by atoms with E-state index in [1.54, 1.807) is 12.1 Å². The molecule has 1 aromatic heterocycles. The van der Waals surface area contributed by atoms with E-state index in [1.807, 2.05) is 37.3 Å². The highest BCUT2D eigenvalue weighted by Gasteiger charge is 2.19. The molecule has 0 saturated carbocycles. The second-order valence-electron chi connectivity index (χ2n) is 4.54. The maximum Gasteiger partial charge on any atom is 0.379 e. The Balaban J connectivity index is 1.94. The van der Waals surface area contributed by atoms with E-state index in [1.165, 1.54) is 0 Å². The lowest BCUT2D eigenvalue weighted by Gasteiger charge is -2.02. The van der Waals surface area contributed by atoms with Gasteiger partial charge in [-0.3, -0.25) is 0 Å². The van der Waals surface area contributed by atoms with E-state index >= 15 is 0 Å². The van der Waals surface area contributed by atoms with Crippen LogP contribution in [0.2, 0.25) is 0 Å². The molecule has 0 aliphatic heterocycles. The predicted octanol–water partition coefficient (Wildman–Crippen LogP) is 5.49. The molecule has 0 atom stereocenters. The molecule has 0 amide bonds. The van der Waals surface area contributed by atoms with E-state index in [0.29, 0.717) is 11.3 Å². The number of hydrogen-bond donors (Lipinski definition) is 0. The number of carbonyl (C=O) groups excluding carboxylic acids is 1. The van der Waals surface area contributed by atoms with Gasteiger partial charge in [0.25, 0.3) is 0 Å². The number of aryl methyl sites for hydroxylation is 1. The number of benzene rings is 2. The first-order valence-electron chi connectivity index (χ1n) is 6.21. The van der Waals surface area contributed by atoms with Crippen LogP contribution in [0.3, 0.4) is 0 Å². The molecule has 0 radical (unpaired) electrons. The molecule has 21 heavy (non-hydrogen) atoms. The third kappa shape index (κ3) is 2.89. The Kier molecular flexibility index (Phi) is 3.87. The van der Waals surface area contributed by atoms with E-state index in [9.17, 15) is 4.79 Å². The number of carbonyl (C=O) groups is 1. The first kappa shape index (κ1) is 14.4. The summed E-state index contributed by atoms with van der Waals surface area (Å²) in [7, 11) is 0. The first-order chi connectivity index (χ1) is 10.0. The quantitative estimate of drug-likeness (QED) is 0.415. The SMILES string of the molecule is Cc1c(C(=O)Oc2ccc(Br)cc2)oc2ccc(Br)cc12. The Morgan fingerprint density at radius 3 is 2.43 bits per heavy atom. The van der Waals surface area contributed by atoms with Gasteiger partial charge in [0.15, 0.2) is 0 Å². The van der Waals surface area contributed by atoms with Crippen molar-refractivity contribution in [2.75, 3.05) is 0 Å². The molecule has 0 fully saturated rings. The molecule has 0 aliphatic carbocycles. The van der Waals surface area contributed by atoms with Crippen molar-refractivity contribution in [3.8, 4) is 5.75 Å². The summed E-state index contributed by atoms with van der Waals surface area (Å²) < 4.78 is 12.8. The summed E-state index contributed by atoms with van der Waals surface area (Å²) in [6, 6.07) is 12.7. The molecule has 0 aliphatic rings. The van der Waals surface area contributed by atoms with Gasteiger partial charge in [-0.1, -0.05) is 31.9 Å². The maximum absolute atomic E-state index is 12.2. The lowest BCUT2D eigenvalue weighted by molar-refractivity contribution is 0.0703. The number of hydrogen-bond acceptors (Lipinski definition) is 3. The normalized spacial score (nSPS) is 10.8. The van der Waals surface area contributed by atoms with Gasteiger partial charge >= 0.3 is 5.97 Å². The molecule has 3 nitrogen and oxygen atoms in total. The highest BCUT2D eigenvalue weighted by Crippen LogP contribution is 2.29. The van der Waals surface area contributed by atoms with Crippen LogP contribution in [0.1, 0.15) is 16.1 Å². The standard InChI is InChI=1S/C16H10Br2O3/c1-9-13-8-11(18)4-7-14(13)21-15(9)16(19)20-12-5-2-10(17)3-6-12/h2-8H,1H3. The van der Waals surface area contributed by atoms with Crippen molar-refractivity contribution in [3.63, 3.8) is 0 Å². The third-order valence-corrected chi connectivity index (χ3v) is 4.13. The molecule has 0 bridgehead atoms. The average Bonchev–Trinajstić information content (AvgIpc) is 2.79. The molecule has 3 aromatic rings.